The largest absolute Gasteiger partial charge is 0.436 e. The van der Waals surface area contributed by atoms with Crippen molar-refractivity contribution in [2.24, 2.45) is 0 Å². The number of rotatable bonds is 5. The second-order valence-corrected chi connectivity index (χ2v) is 3.67. The Hall–Kier alpha value is -1.88. The number of pyridine rings is 1. The van der Waals surface area contributed by atoms with E-state index in [1.54, 1.807) is 12.4 Å². The molecule has 0 radical (unpaired) electrons. The van der Waals surface area contributed by atoms with Gasteiger partial charge >= 0.3 is 0 Å². The molecule has 0 unspecified atom stereocenters. The summed E-state index contributed by atoms with van der Waals surface area (Å²) in [5.41, 5.74) is 1.13. The van der Waals surface area contributed by atoms with Crippen LogP contribution < -0.4 is 10.1 Å². The van der Waals surface area contributed by atoms with Gasteiger partial charge < -0.3 is 10.1 Å². The Morgan fingerprint density at radius 2 is 2.24 bits per heavy atom. The van der Waals surface area contributed by atoms with Crippen LogP contribution in [-0.4, -0.2) is 21.8 Å². The topological polar surface area (TPSA) is 52.0 Å². The van der Waals surface area contributed by atoms with Gasteiger partial charge in [-0.15, -0.1) is 0 Å². The summed E-state index contributed by atoms with van der Waals surface area (Å²) < 4.78 is 7.39. The van der Waals surface area contributed by atoms with Crippen LogP contribution in [0.1, 0.15) is 12.5 Å². The van der Waals surface area contributed by atoms with E-state index < -0.39 is 0 Å². The lowest BCUT2D eigenvalue weighted by Gasteiger charge is -2.03. The second-order valence-electron chi connectivity index (χ2n) is 3.67. The maximum Gasteiger partial charge on any atom is 0.219 e. The molecular formula is C12H16N4O. The second kappa shape index (κ2) is 5.45. The summed E-state index contributed by atoms with van der Waals surface area (Å²) in [4.78, 5) is 4.23. The fourth-order valence-corrected chi connectivity index (χ4v) is 1.47. The Morgan fingerprint density at radius 1 is 1.35 bits per heavy atom. The number of nitrogens with one attached hydrogen (secondary N) is 1. The van der Waals surface area contributed by atoms with E-state index in [1.165, 1.54) is 0 Å². The molecule has 17 heavy (non-hydrogen) atoms. The molecule has 2 aromatic heterocycles. The minimum absolute atomic E-state index is 0.584. The van der Waals surface area contributed by atoms with Crippen LogP contribution in [-0.2, 0) is 13.1 Å². The first kappa shape index (κ1) is 11.6. The van der Waals surface area contributed by atoms with Crippen LogP contribution in [0.25, 0.3) is 0 Å². The van der Waals surface area contributed by atoms with Gasteiger partial charge in [-0.05, 0) is 19.5 Å². The zero-order chi connectivity index (χ0) is 12.1. The highest BCUT2D eigenvalue weighted by molar-refractivity contribution is 5.23. The fourth-order valence-electron chi connectivity index (χ4n) is 1.47. The van der Waals surface area contributed by atoms with E-state index >= 15 is 0 Å². The van der Waals surface area contributed by atoms with E-state index in [0.29, 0.717) is 11.6 Å². The van der Waals surface area contributed by atoms with Crippen molar-refractivity contribution < 1.29 is 4.74 Å². The summed E-state index contributed by atoms with van der Waals surface area (Å²) >= 11 is 0. The van der Waals surface area contributed by atoms with E-state index in [9.17, 15) is 0 Å². The molecule has 0 saturated heterocycles. The standard InChI is InChI=1S/C12H16N4O/c1-3-16-9-11(8-15-16)17-12-5-4-10(6-13-2)7-14-12/h4-5,7-9,13H,3,6H2,1-2H3. The van der Waals surface area contributed by atoms with Crippen LogP contribution in [0, 0.1) is 0 Å². The molecule has 0 bridgehead atoms. The highest BCUT2D eigenvalue weighted by Gasteiger charge is 2.01. The molecule has 2 aromatic rings. The van der Waals surface area contributed by atoms with Crippen LogP contribution >= 0.6 is 0 Å². The predicted octanol–water partition coefficient (Wildman–Crippen LogP) is 1.81. The van der Waals surface area contributed by atoms with Gasteiger partial charge in [0.05, 0.1) is 12.4 Å². The SMILES string of the molecule is CCn1cc(Oc2ccc(CNC)cn2)cn1. The summed E-state index contributed by atoms with van der Waals surface area (Å²) in [5.74, 6) is 1.29. The van der Waals surface area contributed by atoms with Crippen LogP contribution in [0.4, 0.5) is 0 Å². The first-order valence-corrected chi connectivity index (χ1v) is 5.61. The Kier molecular flexibility index (Phi) is 3.72. The molecular weight excluding hydrogens is 216 g/mol. The third-order valence-electron chi connectivity index (χ3n) is 2.33. The summed E-state index contributed by atoms with van der Waals surface area (Å²) in [5, 5.41) is 7.20. The highest BCUT2D eigenvalue weighted by Crippen LogP contribution is 2.18. The van der Waals surface area contributed by atoms with Crippen molar-refractivity contribution in [2.45, 2.75) is 20.0 Å². The maximum atomic E-state index is 5.58. The van der Waals surface area contributed by atoms with Crippen LogP contribution in [0.5, 0.6) is 11.6 Å². The van der Waals surface area contributed by atoms with Crippen LogP contribution in [0.3, 0.4) is 0 Å². The van der Waals surface area contributed by atoms with Crippen molar-refractivity contribution in [1.82, 2.24) is 20.1 Å². The van der Waals surface area contributed by atoms with E-state index in [2.05, 4.69) is 15.4 Å². The third-order valence-corrected chi connectivity index (χ3v) is 2.33. The van der Waals surface area contributed by atoms with Gasteiger partial charge in [0.25, 0.3) is 0 Å². The molecule has 0 aliphatic heterocycles. The Bertz CT molecular complexity index is 464. The molecule has 2 heterocycles. The highest BCUT2D eigenvalue weighted by atomic mass is 16.5. The van der Waals surface area contributed by atoms with Gasteiger partial charge in [0.15, 0.2) is 5.75 Å². The van der Waals surface area contributed by atoms with Gasteiger partial charge in [-0.1, -0.05) is 6.07 Å². The van der Waals surface area contributed by atoms with Crippen LogP contribution in [0.15, 0.2) is 30.7 Å². The smallest absolute Gasteiger partial charge is 0.219 e. The lowest BCUT2D eigenvalue weighted by Crippen LogP contribution is -2.05. The maximum absolute atomic E-state index is 5.58. The molecule has 0 saturated carbocycles. The Labute approximate surface area is 100 Å². The monoisotopic (exact) mass is 232 g/mol. The van der Waals surface area contributed by atoms with Gasteiger partial charge in [-0.2, -0.15) is 5.10 Å². The summed E-state index contributed by atoms with van der Waals surface area (Å²) in [6.07, 6.45) is 5.34. The first-order chi connectivity index (χ1) is 8.31. The van der Waals surface area contributed by atoms with E-state index in [-0.39, 0.29) is 0 Å². The summed E-state index contributed by atoms with van der Waals surface area (Å²) in [6, 6.07) is 3.85. The fraction of sp³-hybridized carbons (Fsp3) is 0.333. The molecule has 1 N–H and O–H groups in total. The van der Waals surface area contributed by atoms with Crippen LogP contribution in [0.2, 0.25) is 0 Å². The number of aryl methyl sites for hydroxylation is 1. The summed E-state index contributed by atoms with van der Waals surface area (Å²) in [7, 11) is 1.91. The quantitative estimate of drug-likeness (QED) is 0.854. The zero-order valence-electron chi connectivity index (χ0n) is 10.1. The minimum Gasteiger partial charge on any atom is -0.436 e. The van der Waals surface area contributed by atoms with Gasteiger partial charge in [0.2, 0.25) is 5.88 Å². The average Bonchev–Trinajstić information content (AvgIpc) is 2.80. The first-order valence-electron chi connectivity index (χ1n) is 5.61. The van der Waals surface area contributed by atoms with Crippen molar-refractivity contribution in [3.8, 4) is 11.6 Å². The van der Waals surface area contributed by atoms with E-state index in [0.717, 1.165) is 18.7 Å². The van der Waals surface area contributed by atoms with Crippen molar-refractivity contribution in [2.75, 3.05) is 7.05 Å². The van der Waals surface area contributed by atoms with Crippen molar-refractivity contribution in [1.29, 1.82) is 0 Å². The van der Waals surface area contributed by atoms with Crippen molar-refractivity contribution >= 4 is 0 Å². The molecule has 0 amide bonds. The molecule has 0 spiro atoms. The lowest BCUT2D eigenvalue weighted by atomic mass is 10.3. The molecule has 5 heteroatoms. The van der Waals surface area contributed by atoms with E-state index in [4.69, 9.17) is 4.74 Å². The Balaban J connectivity index is 2.03. The summed E-state index contributed by atoms with van der Waals surface area (Å²) in [6.45, 7) is 3.67. The van der Waals surface area contributed by atoms with Gasteiger partial charge in [-0.25, -0.2) is 4.98 Å². The molecule has 0 aromatic carbocycles. The normalized spacial score (nSPS) is 10.5. The van der Waals surface area contributed by atoms with Crippen molar-refractivity contribution in [3.05, 3.63) is 36.3 Å². The number of hydrogen-bond acceptors (Lipinski definition) is 4. The molecule has 0 atom stereocenters. The molecule has 0 aliphatic rings. The molecule has 0 aliphatic carbocycles. The van der Waals surface area contributed by atoms with Crippen molar-refractivity contribution in [3.63, 3.8) is 0 Å². The van der Waals surface area contributed by atoms with E-state index in [1.807, 2.05) is 37.0 Å². The lowest BCUT2D eigenvalue weighted by molar-refractivity contribution is 0.461. The molecule has 5 nitrogen and oxygen atoms in total. The Morgan fingerprint density at radius 3 is 2.82 bits per heavy atom. The number of ether oxygens (including phenoxy) is 1. The zero-order valence-corrected chi connectivity index (χ0v) is 10.1. The third kappa shape index (κ3) is 3.04. The number of hydrogen-bond donors (Lipinski definition) is 1. The van der Waals surface area contributed by atoms with Gasteiger partial charge in [-0.3, -0.25) is 4.68 Å². The predicted molar refractivity (Wildman–Crippen MR) is 65.0 cm³/mol. The van der Waals surface area contributed by atoms with Gasteiger partial charge in [0.1, 0.15) is 0 Å². The average molecular weight is 232 g/mol. The number of aromatic nitrogens is 3. The minimum atomic E-state index is 0.584. The molecule has 90 valence electrons. The van der Waals surface area contributed by atoms with Gasteiger partial charge in [0, 0.05) is 25.4 Å². The molecule has 2 rings (SSSR count). The molecule has 0 fully saturated rings. The number of nitrogens with zero attached hydrogens (tertiary/aromatic N) is 3.